The molecule has 0 aliphatic carbocycles. The molecule has 5 heteroatoms. The fourth-order valence-electron chi connectivity index (χ4n) is 7.86. The van der Waals surface area contributed by atoms with Crippen molar-refractivity contribution in [1.29, 1.82) is 0 Å². The topological polar surface area (TPSA) is 38.7 Å². The Morgan fingerprint density at radius 2 is 0.722 bits per heavy atom. The van der Waals surface area contributed by atoms with Crippen LogP contribution < -0.4 is 0 Å². The molecule has 0 radical (unpaired) electrons. The fraction of sp³-hybridized carbons (Fsp3) is 0. The van der Waals surface area contributed by atoms with Gasteiger partial charge in [-0.05, 0) is 0 Å². The molecule has 0 amide bonds. The van der Waals surface area contributed by atoms with E-state index in [0.29, 0.717) is 17.5 Å². The third-order valence-corrected chi connectivity index (χ3v) is 15.6. The van der Waals surface area contributed by atoms with E-state index < -0.39 is 0 Å². The summed E-state index contributed by atoms with van der Waals surface area (Å²) in [6, 6.07) is 63.3. The van der Waals surface area contributed by atoms with Crippen LogP contribution in [0.15, 0.2) is 176 Å². The van der Waals surface area contributed by atoms with E-state index in [0.717, 1.165) is 22.1 Å². The summed E-state index contributed by atoms with van der Waals surface area (Å²) >= 11 is 0.313. The van der Waals surface area contributed by atoms with Crippen molar-refractivity contribution in [3.05, 3.63) is 176 Å². The number of aromatic nitrogens is 3. The van der Waals surface area contributed by atoms with E-state index >= 15 is 0 Å². The van der Waals surface area contributed by atoms with Crippen LogP contribution in [0.3, 0.4) is 0 Å². The van der Waals surface area contributed by atoms with Gasteiger partial charge in [0.1, 0.15) is 0 Å². The van der Waals surface area contributed by atoms with Gasteiger partial charge in [0.25, 0.3) is 0 Å². The molecule has 0 saturated heterocycles. The van der Waals surface area contributed by atoms with E-state index in [1.165, 1.54) is 66.2 Å². The first kappa shape index (κ1) is 31.6. The van der Waals surface area contributed by atoms with Gasteiger partial charge >= 0.3 is 326 Å². The predicted octanol–water partition coefficient (Wildman–Crippen LogP) is 12.1. The summed E-state index contributed by atoms with van der Waals surface area (Å²) in [7, 11) is 0. The molecular weight excluding hydrogens is 788 g/mol. The number of rotatable bonds is 5. The molecule has 11 rings (SSSR count). The maximum absolute atomic E-state index is 5.31. The molecule has 0 N–H and O–H groups in total. The monoisotopic (exact) mass is 819 g/mol. The van der Waals surface area contributed by atoms with Gasteiger partial charge in [-0.1, -0.05) is 0 Å². The molecule has 3 heterocycles. The second-order valence-electron chi connectivity index (χ2n) is 13.5. The van der Waals surface area contributed by atoms with Gasteiger partial charge in [-0.25, -0.2) is 0 Å². The van der Waals surface area contributed by atoms with Gasteiger partial charge in [0.15, 0.2) is 0 Å². The van der Waals surface area contributed by atoms with E-state index in [4.69, 9.17) is 15.0 Å². The molecule has 0 unspecified atom stereocenters. The molecular formula is C49H29N3Se2. The van der Waals surface area contributed by atoms with Crippen LogP contribution in [0.4, 0.5) is 0 Å². The zero-order valence-electron chi connectivity index (χ0n) is 28.9. The molecule has 3 nitrogen and oxygen atoms in total. The van der Waals surface area contributed by atoms with Gasteiger partial charge in [0.2, 0.25) is 0 Å². The Labute approximate surface area is 323 Å². The molecule has 0 aliphatic rings. The molecule has 54 heavy (non-hydrogen) atoms. The van der Waals surface area contributed by atoms with Crippen molar-refractivity contribution >= 4 is 78.4 Å². The Hall–Kier alpha value is -5.93. The van der Waals surface area contributed by atoms with Crippen LogP contribution >= 0.6 is 0 Å². The molecule has 0 spiro atoms. The Morgan fingerprint density at radius 1 is 0.259 bits per heavy atom. The van der Waals surface area contributed by atoms with Gasteiger partial charge in [0, 0.05) is 0 Å². The predicted molar refractivity (Wildman–Crippen MR) is 228 cm³/mol. The summed E-state index contributed by atoms with van der Waals surface area (Å²) in [6.07, 6.45) is 0. The van der Waals surface area contributed by atoms with E-state index in [-0.39, 0.29) is 29.0 Å². The van der Waals surface area contributed by atoms with Crippen molar-refractivity contribution in [2.45, 2.75) is 0 Å². The number of nitrogens with zero attached hydrogens (tertiary/aromatic N) is 3. The van der Waals surface area contributed by atoms with Crippen LogP contribution in [0.2, 0.25) is 0 Å². The summed E-state index contributed by atoms with van der Waals surface area (Å²) in [4.78, 5) is 15.7. The number of hydrogen-bond donors (Lipinski definition) is 0. The molecule has 0 fully saturated rings. The van der Waals surface area contributed by atoms with Gasteiger partial charge in [-0.15, -0.1) is 0 Å². The van der Waals surface area contributed by atoms with Gasteiger partial charge in [-0.2, -0.15) is 0 Å². The second kappa shape index (κ2) is 12.9. The number of fused-ring (bicyclic) bond motifs is 7. The molecule has 11 aromatic rings. The fourth-order valence-corrected chi connectivity index (χ4v) is 13.3. The van der Waals surface area contributed by atoms with Gasteiger partial charge < -0.3 is 0 Å². The van der Waals surface area contributed by atoms with Crippen LogP contribution in [-0.2, 0) is 0 Å². The van der Waals surface area contributed by atoms with Crippen LogP contribution in [-0.4, -0.2) is 44.0 Å². The molecule has 0 atom stereocenters. The minimum absolute atomic E-state index is 0.151. The molecule has 252 valence electrons. The van der Waals surface area contributed by atoms with Crippen molar-refractivity contribution < 1.29 is 0 Å². The molecule has 0 bridgehead atoms. The second-order valence-corrected chi connectivity index (χ2v) is 17.8. The van der Waals surface area contributed by atoms with E-state index in [1.807, 2.05) is 18.2 Å². The Morgan fingerprint density at radius 3 is 1.44 bits per heavy atom. The molecule has 3 aromatic heterocycles. The maximum atomic E-state index is 5.31. The molecule has 0 saturated carbocycles. The SMILES string of the molecule is c1ccc(-c2nc(-c3ccc(-c4cccc5c4[se]c4c(-c6ccccc6)cccc45)c4ccccc34)nc(-c3cccc4c3[se]c3ccccc34)n2)cc1. The van der Waals surface area contributed by atoms with E-state index in [9.17, 15) is 0 Å². The van der Waals surface area contributed by atoms with Crippen LogP contribution in [0, 0.1) is 0 Å². The van der Waals surface area contributed by atoms with Crippen molar-refractivity contribution in [3.63, 3.8) is 0 Å². The summed E-state index contributed by atoms with van der Waals surface area (Å²) in [5, 5.41) is 7.64. The minimum atomic E-state index is 0.151. The Kier molecular flexibility index (Phi) is 7.53. The average Bonchev–Trinajstić information content (AvgIpc) is 3.83. The number of hydrogen-bond acceptors (Lipinski definition) is 3. The van der Waals surface area contributed by atoms with Crippen molar-refractivity contribution in [3.8, 4) is 56.4 Å². The first-order valence-corrected chi connectivity index (χ1v) is 21.5. The Balaban J connectivity index is 1.12. The van der Waals surface area contributed by atoms with Crippen LogP contribution in [0.1, 0.15) is 0 Å². The van der Waals surface area contributed by atoms with Gasteiger partial charge in [0.05, 0.1) is 0 Å². The van der Waals surface area contributed by atoms with E-state index in [2.05, 4.69) is 158 Å². The van der Waals surface area contributed by atoms with Crippen molar-refractivity contribution in [2.75, 3.05) is 0 Å². The zero-order valence-corrected chi connectivity index (χ0v) is 32.3. The van der Waals surface area contributed by atoms with Crippen molar-refractivity contribution in [1.82, 2.24) is 15.0 Å². The van der Waals surface area contributed by atoms with Crippen LogP contribution in [0.25, 0.3) is 106 Å². The quantitative estimate of drug-likeness (QED) is 0.162. The normalized spacial score (nSPS) is 11.7. The first-order valence-electron chi connectivity index (χ1n) is 18.0. The van der Waals surface area contributed by atoms with E-state index in [1.54, 1.807) is 0 Å². The van der Waals surface area contributed by atoms with Gasteiger partial charge in [-0.3, -0.25) is 0 Å². The van der Waals surface area contributed by atoms with Crippen molar-refractivity contribution in [2.24, 2.45) is 0 Å². The first-order chi connectivity index (χ1) is 26.8. The molecule has 8 aromatic carbocycles. The number of benzene rings is 8. The standard InChI is InChI=1S/C49H29N3Se2/c1-3-14-30(15-4-1)32-21-11-24-39-40-25-12-22-37(45(40)54-44(32)39)35-28-29-41(34-19-8-7-18-33(34)35)48-50-47(31-16-5-2-6-17-31)51-49(52-48)42-26-13-23-38-36-20-9-10-27-43(36)53-46(38)42/h1-29H. The molecule has 0 aliphatic heterocycles. The Bertz CT molecular complexity index is 3220. The summed E-state index contributed by atoms with van der Waals surface area (Å²) < 4.78 is 5.64. The third-order valence-electron chi connectivity index (χ3n) is 10.4. The average molecular weight is 818 g/mol. The zero-order chi connectivity index (χ0) is 35.6. The van der Waals surface area contributed by atoms with Crippen LogP contribution in [0.5, 0.6) is 0 Å². The summed E-state index contributed by atoms with van der Waals surface area (Å²) in [5.41, 5.74) is 8.21. The third kappa shape index (κ3) is 5.13. The summed E-state index contributed by atoms with van der Waals surface area (Å²) in [5.74, 6) is 2.08. The summed E-state index contributed by atoms with van der Waals surface area (Å²) in [6.45, 7) is 0.